The van der Waals surface area contributed by atoms with Gasteiger partial charge < -0.3 is 14.2 Å². The Kier molecular flexibility index (Phi) is 5.71. The Labute approximate surface area is 157 Å². The Morgan fingerprint density at radius 2 is 1.33 bits per heavy atom. The van der Waals surface area contributed by atoms with Crippen LogP contribution in [0.15, 0.2) is 60.7 Å². The van der Waals surface area contributed by atoms with Gasteiger partial charge in [0.05, 0.1) is 0 Å². The van der Waals surface area contributed by atoms with E-state index in [0.717, 1.165) is 0 Å². The number of hydrogen-bond acceptors (Lipinski definition) is 5. The second-order valence-corrected chi connectivity index (χ2v) is 5.82. The molecule has 0 spiro atoms. The molecule has 0 N–H and O–H groups in total. The quantitative estimate of drug-likeness (QED) is 0.441. The second-order valence-electron chi connectivity index (χ2n) is 5.82. The van der Waals surface area contributed by atoms with Crippen LogP contribution in [-0.4, -0.2) is 11.9 Å². The molecule has 0 aromatic heterocycles. The van der Waals surface area contributed by atoms with Crippen LogP contribution >= 0.6 is 0 Å². The topological polar surface area (TPSA) is 61.8 Å². The minimum absolute atomic E-state index is 0.228. The van der Waals surface area contributed by atoms with Crippen LogP contribution in [0.2, 0.25) is 0 Å². The normalized spacial score (nSPS) is 10.4. The van der Waals surface area contributed by atoms with E-state index < -0.39 is 0 Å². The molecule has 0 aliphatic carbocycles. The van der Waals surface area contributed by atoms with Gasteiger partial charge in [0.15, 0.2) is 11.5 Å². The van der Waals surface area contributed by atoms with Gasteiger partial charge >= 0.3 is 11.9 Å². The van der Waals surface area contributed by atoms with E-state index in [9.17, 15) is 9.59 Å². The summed E-state index contributed by atoms with van der Waals surface area (Å²) < 4.78 is 17.0. The Morgan fingerprint density at radius 1 is 0.741 bits per heavy atom. The molecule has 0 saturated carbocycles. The van der Waals surface area contributed by atoms with Gasteiger partial charge in [0.25, 0.3) is 0 Å². The molecular formula is C22H20O5. The van der Waals surface area contributed by atoms with Crippen molar-refractivity contribution in [3.8, 4) is 23.0 Å². The zero-order chi connectivity index (χ0) is 19.2. The maximum absolute atomic E-state index is 12.0. The Morgan fingerprint density at radius 3 is 2.00 bits per heavy atom. The van der Waals surface area contributed by atoms with Gasteiger partial charge in [0.1, 0.15) is 11.5 Å². The monoisotopic (exact) mass is 364 g/mol. The van der Waals surface area contributed by atoms with Crippen LogP contribution in [0.3, 0.4) is 0 Å². The van der Waals surface area contributed by atoms with Crippen molar-refractivity contribution >= 4 is 22.7 Å². The summed E-state index contributed by atoms with van der Waals surface area (Å²) >= 11 is 0. The molecule has 3 rings (SSSR count). The number of hydrogen-bond donors (Lipinski definition) is 0. The highest BCUT2D eigenvalue weighted by Crippen LogP contribution is 2.43. The van der Waals surface area contributed by atoms with Crippen molar-refractivity contribution in [2.75, 3.05) is 0 Å². The molecule has 3 aromatic rings. The molecular weight excluding hydrogens is 344 g/mol. The van der Waals surface area contributed by atoms with Gasteiger partial charge in [0.2, 0.25) is 0 Å². The van der Waals surface area contributed by atoms with E-state index in [2.05, 4.69) is 0 Å². The average molecular weight is 364 g/mol. The van der Waals surface area contributed by atoms with Crippen molar-refractivity contribution in [3.05, 3.63) is 60.7 Å². The fraction of sp³-hybridized carbons (Fsp3) is 0.182. The molecule has 0 saturated heterocycles. The first-order valence-corrected chi connectivity index (χ1v) is 8.82. The van der Waals surface area contributed by atoms with Gasteiger partial charge in [-0.05, 0) is 12.1 Å². The summed E-state index contributed by atoms with van der Waals surface area (Å²) in [7, 11) is 0. The lowest BCUT2D eigenvalue weighted by atomic mass is 10.1. The molecule has 0 radical (unpaired) electrons. The van der Waals surface area contributed by atoms with Gasteiger partial charge in [-0.2, -0.15) is 0 Å². The lowest BCUT2D eigenvalue weighted by Gasteiger charge is -2.16. The maximum atomic E-state index is 12.0. The summed E-state index contributed by atoms with van der Waals surface area (Å²) in [6.45, 7) is 3.45. The molecule has 0 heterocycles. The van der Waals surface area contributed by atoms with E-state index in [0.29, 0.717) is 33.8 Å². The molecule has 0 unspecified atom stereocenters. The van der Waals surface area contributed by atoms with E-state index in [1.807, 2.05) is 36.4 Å². The minimum Gasteiger partial charge on any atom is -0.453 e. The first-order valence-electron chi connectivity index (χ1n) is 8.82. The number of benzene rings is 3. The highest BCUT2D eigenvalue weighted by atomic mass is 16.6. The number of rotatable bonds is 6. The van der Waals surface area contributed by atoms with Crippen LogP contribution in [0.5, 0.6) is 23.0 Å². The third-order valence-electron chi connectivity index (χ3n) is 3.91. The van der Waals surface area contributed by atoms with E-state index in [1.165, 1.54) is 0 Å². The van der Waals surface area contributed by atoms with Crippen molar-refractivity contribution < 1.29 is 23.8 Å². The third-order valence-corrected chi connectivity index (χ3v) is 3.91. The van der Waals surface area contributed by atoms with Gasteiger partial charge in [-0.3, -0.25) is 9.59 Å². The molecule has 5 heteroatoms. The first kappa shape index (κ1) is 18.5. The molecule has 0 aliphatic rings. The zero-order valence-corrected chi connectivity index (χ0v) is 15.2. The minimum atomic E-state index is -0.378. The van der Waals surface area contributed by atoms with Crippen LogP contribution in [0.25, 0.3) is 10.8 Å². The SMILES string of the molecule is CCC(=O)Oc1cc(Oc2ccccc2)c(OC(=O)CC)c2ccccc12. The van der Waals surface area contributed by atoms with E-state index in [4.69, 9.17) is 14.2 Å². The predicted octanol–water partition coefficient (Wildman–Crippen LogP) is 5.26. The lowest BCUT2D eigenvalue weighted by Crippen LogP contribution is -2.09. The van der Waals surface area contributed by atoms with E-state index in [1.54, 1.807) is 38.1 Å². The lowest BCUT2D eigenvalue weighted by molar-refractivity contribution is -0.135. The van der Waals surface area contributed by atoms with Crippen LogP contribution < -0.4 is 14.2 Å². The molecule has 138 valence electrons. The molecule has 0 fully saturated rings. The van der Waals surface area contributed by atoms with Crippen LogP contribution in [-0.2, 0) is 9.59 Å². The van der Waals surface area contributed by atoms with Gasteiger partial charge in [-0.15, -0.1) is 0 Å². The number of fused-ring (bicyclic) bond motifs is 1. The molecule has 27 heavy (non-hydrogen) atoms. The number of carbonyl (C=O) groups excluding carboxylic acids is 2. The molecule has 3 aromatic carbocycles. The maximum Gasteiger partial charge on any atom is 0.311 e. The summed E-state index contributed by atoms with van der Waals surface area (Å²) in [5, 5.41) is 1.30. The van der Waals surface area contributed by atoms with Crippen molar-refractivity contribution in [2.24, 2.45) is 0 Å². The van der Waals surface area contributed by atoms with Gasteiger partial charge in [0, 0.05) is 29.7 Å². The molecule has 0 aliphatic heterocycles. The zero-order valence-electron chi connectivity index (χ0n) is 15.2. The van der Waals surface area contributed by atoms with Crippen LogP contribution in [0.4, 0.5) is 0 Å². The Bertz CT molecular complexity index is 963. The van der Waals surface area contributed by atoms with Gasteiger partial charge in [-0.1, -0.05) is 56.3 Å². The van der Waals surface area contributed by atoms with E-state index in [-0.39, 0.29) is 24.8 Å². The summed E-state index contributed by atoms with van der Waals surface area (Å²) in [5.74, 6) is 0.813. The average Bonchev–Trinajstić information content (AvgIpc) is 2.71. The van der Waals surface area contributed by atoms with E-state index >= 15 is 0 Å². The van der Waals surface area contributed by atoms with Crippen LogP contribution in [0.1, 0.15) is 26.7 Å². The second kappa shape index (κ2) is 8.36. The summed E-state index contributed by atoms with van der Waals surface area (Å²) in [6.07, 6.45) is 0.474. The number of para-hydroxylation sites is 1. The standard InChI is InChI=1S/C22H20O5/c1-3-20(23)26-18-14-19(25-15-10-6-5-7-11-15)22(27-21(24)4-2)17-13-9-8-12-16(17)18/h5-14H,3-4H2,1-2H3. The molecule has 5 nitrogen and oxygen atoms in total. The Balaban J connectivity index is 2.17. The van der Waals surface area contributed by atoms with Crippen molar-refractivity contribution in [1.29, 1.82) is 0 Å². The smallest absolute Gasteiger partial charge is 0.311 e. The fourth-order valence-corrected chi connectivity index (χ4v) is 2.55. The molecule has 0 atom stereocenters. The summed E-state index contributed by atoms with van der Waals surface area (Å²) in [4.78, 5) is 23.8. The number of carbonyl (C=O) groups is 2. The predicted molar refractivity (Wildman–Crippen MR) is 102 cm³/mol. The van der Waals surface area contributed by atoms with Crippen molar-refractivity contribution in [3.63, 3.8) is 0 Å². The highest BCUT2D eigenvalue weighted by Gasteiger charge is 2.19. The third kappa shape index (κ3) is 4.26. The Hall–Kier alpha value is -3.34. The largest absolute Gasteiger partial charge is 0.453 e. The highest BCUT2D eigenvalue weighted by molar-refractivity contribution is 5.98. The van der Waals surface area contributed by atoms with Gasteiger partial charge in [-0.25, -0.2) is 0 Å². The molecule has 0 amide bonds. The van der Waals surface area contributed by atoms with Crippen molar-refractivity contribution in [1.82, 2.24) is 0 Å². The van der Waals surface area contributed by atoms with Crippen molar-refractivity contribution in [2.45, 2.75) is 26.7 Å². The summed E-state index contributed by atoms with van der Waals surface area (Å²) in [6, 6.07) is 18.0. The number of esters is 2. The summed E-state index contributed by atoms with van der Waals surface area (Å²) in [5.41, 5.74) is 0. The fourth-order valence-electron chi connectivity index (χ4n) is 2.55. The van der Waals surface area contributed by atoms with Crippen LogP contribution in [0, 0.1) is 0 Å². The molecule has 0 bridgehead atoms. The number of ether oxygens (including phenoxy) is 3. The first-order chi connectivity index (χ1) is 13.1.